The molecule has 0 aromatic heterocycles. The minimum absolute atomic E-state index is 0.00474. The molecule has 7 nitrogen and oxygen atoms in total. The van der Waals surface area contributed by atoms with Crippen LogP contribution in [0.15, 0.2) is 29.6 Å². The number of nitrogens with zero attached hydrogens (tertiary/aromatic N) is 3. The molecule has 1 fully saturated rings. The van der Waals surface area contributed by atoms with E-state index < -0.39 is 23.4 Å². The summed E-state index contributed by atoms with van der Waals surface area (Å²) in [6, 6.07) is 5.92. The van der Waals surface area contributed by atoms with E-state index in [4.69, 9.17) is 21.1 Å². The smallest absolute Gasteiger partial charge is 0.353 e. The Bertz CT molecular complexity index is 931. The lowest BCUT2D eigenvalue weighted by molar-refractivity contribution is -0.150. The number of benzene rings is 1. The maximum absolute atomic E-state index is 14.0. The molecule has 0 amide bonds. The molecule has 0 saturated carbocycles. The van der Waals surface area contributed by atoms with E-state index in [2.05, 4.69) is 0 Å². The van der Waals surface area contributed by atoms with Crippen LogP contribution in [0.5, 0.6) is 0 Å². The zero-order valence-electron chi connectivity index (χ0n) is 19.6. The molecule has 1 saturated heterocycles. The number of hydrogen-bond acceptors (Lipinski definition) is 7. The van der Waals surface area contributed by atoms with E-state index in [9.17, 15) is 19.2 Å². The molecule has 0 spiro atoms. The van der Waals surface area contributed by atoms with Crippen molar-refractivity contribution in [3.63, 3.8) is 0 Å². The average molecular weight is 480 g/mol. The van der Waals surface area contributed by atoms with Gasteiger partial charge in [-0.15, -0.1) is 0 Å². The third-order valence-corrected chi connectivity index (χ3v) is 5.26. The minimum atomic E-state index is -0.815. The van der Waals surface area contributed by atoms with E-state index in [1.165, 1.54) is 18.2 Å². The molecule has 1 aliphatic heterocycles. The van der Waals surface area contributed by atoms with Crippen LogP contribution in [0.4, 0.5) is 4.39 Å². The average Bonchev–Trinajstić information content (AvgIpc) is 2.73. The fourth-order valence-electron chi connectivity index (χ4n) is 3.58. The predicted octanol–water partition coefficient (Wildman–Crippen LogP) is 4.41. The lowest BCUT2D eigenvalue weighted by Gasteiger charge is -2.38. The van der Waals surface area contributed by atoms with Crippen molar-refractivity contribution in [2.45, 2.75) is 59.1 Å². The van der Waals surface area contributed by atoms with E-state index in [1.807, 2.05) is 11.0 Å². The second-order valence-electron chi connectivity index (χ2n) is 8.76. The highest BCUT2D eigenvalue weighted by Crippen LogP contribution is 2.27. The first-order valence-corrected chi connectivity index (χ1v) is 11.4. The molecule has 0 radical (unpaired) electrons. The third-order valence-electron chi connectivity index (χ3n) is 4.89. The molecular weight excluding hydrogens is 449 g/mol. The number of likely N-dealkylation sites (tertiary alicyclic amines) is 1. The molecule has 1 aromatic rings. The number of piperidine rings is 1. The summed E-state index contributed by atoms with van der Waals surface area (Å²) in [6.07, 6.45) is 2.75. The van der Waals surface area contributed by atoms with Gasteiger partial charge in [-0.3, -0.25) is 4.79 Å². The van der Waals surface area contributed by atoms with Gasteiger partial charge in [0.1, 0.15) is 29.9 Å². The van der Waals surface area contributed by atoms with Gasteiger partial charge < -0.3 is 19.3 Å². The molecule has 0 bridgehead atoms. The van der Waals surface area contributed by atoms with Gasteiger partial charge in [0.15, 0.2) is 5.57 Å². The number of esters is 2. The van der Waals surface area contributed by atoms with Gasteiger partial charge in [-0.25, -0.2) is 9.18 Å². The van der Waals surface area contributed by atoms with Gasteiger partial charge in [0, 0.05) is 24.7 Å². The normalized spacial score (nSPS) is 14.8. The van der Waals surface area contributed by atoms with Gasteiger partial charge in [-0.05, 0) is 70.7 Å². The van der Waals surface area contributed by atoms with Crippen molar-refractivity contribution in [1.82, 2.24) is 9.80 Å². The maximum Gasteiger partial charge on any atom is 0.353 e. The molecule has 0 atom stereocenters. The number of nitriles is 1. The monoisotopic (exact) mass is 479 g/mol. The lowest BCUT2D eigenvalue weighted by Crippen LogP contribution is -2.43. The Labute approximate surface area is 199 Å². The Balaban J connectivity index is 2.61. The zero-order chi connectivity index (χ0) is 24.6. The molecule has 1 heterocycles. The standard InChI is InChI=1S/C24H31ClFN3O4/c1-5-32-21(30)16-29(15-17-13-18(26)9-10-20(17)25)22(28-11-7-6-8-12-28)19(14-27)23(31)33-24(2,3)4/h9-10,13H,5-8,11-12,15-16H2,1-4H3/b22-19+. The molecule has 2 rings (SSSR count). The number of carbonyl (C=O) groups excluding carboxylic acids is 2. The van der Waals surface area contributed by atoms with E-state index in [0.29, 0.717) is 23.7 Å². The first-order valence-electron chi connectivity index (χ1n) is 11.0. The second kappa shape index (κ2) is 11.9. The molecule has 180 valence electrons. The minimum Gasteiger partial charge on any atom is -0.465 e. The molecule has 1 aromatic carbocycles. The first-order chi connectivity index (χ1) is 15.6. The highest BCUT2D eigenvalue weighted by Gasteiger charge is 2.31. The summed E-state index contributed by atoms with van der Waals surface area (Å²) in [5.74, 6) is -1.55. The highest BCUT2D eigenvalue weighted by molar-refractivity contribution is 6.31. The molecule has 33 heavy (non-hydrogen) atoms. The number of ether oxygens (including phenoxy) is 2. The summed E-state index contributed by atoms with van der Waals surface area (Å²) in [6.45, 7) is 7.94. The van der Waals surface area contributed by atoms with E-state index in [0.717, 1.165) is 19.3 Å². The van der Waals surface area contributed by atoms with E-state index >= 15 is 0 Å². The van der Waals surface area contributed by atoms with E-state index in [-0.39, 0.29) is 31.1 Å². The SMILES string of the molecule is CCOC(=O)CN(Cc1cc(F)ccc1Cl)/C(=C(\C#N)C(=O)OC(C)(C)C)N1CCCCC1. The van der Waals surface area contributed by atoms with Crippen LogP contribution in [0.3, 0.4) is 0 Å². The van der Waals surface area contributed by atoms with Crippen LogP contribution < -0.4 is 0 Å². The van der Waals surface area contributed by atoms with Crippen molar-refractivity contribution >= 4 is 23.5 Å². The van der Waals surface area contributed by atoms with Crippen LogP contribution >= 0.6 is 11.6 Å². The fourth-order valence-corrected chi connectivity index (χ4v) is 3.75. The Morgan fingerprint density at radius 2 is 1.91 bits per heavy atom. The van der Waals surface area contributed by atoms with Gasteiger partial charge >= 0.3 is 11.9 Å². The van der Waals surface area contributed by atoms with Crippen LogP contribution in [0.25, 0.3) is 0 Å². The first kappa shape index (κ1) is 26.5. The second-order valence-corrected chi connectivity index (χ2v) is 9.16. The summed E-state index contributed by atoms with van der Waals surface area (Å²) in [7, 11) is 0. The van der Waals surface area contributed by atoms with Crippen LogP contribution in [-0.4, -0.2) is 53.6 Å². The number of rotatable bonds is 8. The zero-order valence-corrected chi connectivity index (χ0v) is 20.4. The largest absolute Gasteiger partial charge is 0.465 e. The summed E-state index contributed by atoms with van der Waals surface area (Å²) in [5, 5.41) is 10.3. The third kappa shape index (κ3) is 7.93. The highest BCUT2D eigenvalue weighted by atomic mass is 35.5. The number of carbonyl (C=O) groups is 2. The van der Waals surface area contributed by atoms with Crippen molar-refractivity contribution in [1.29, 1.82) is 5.26 Å². The van der Waals surface area contributed by atoms with Gasteiger partial charge in [-0.2, -0.15) is 5.26 Å². The van der Waals surface area contributed by atoms with Crippen molar-refractivity contribution < 1.29 is 23.5 Å². The molecule has 1 aliphatic rings. The van der Waals surface area contributed by atoms with Crippen molar-refractivity contribution in [2.24, 2.45) is 0 Å². The van der Waals surface area contributed by atoms with Gasteiger partial charge in [0.05, 0.1) is 6.61 Å². The number of halogens is 2. The van der Waals surface area contributed by atoms with Gasteiger partial charge in [0.25, 0.3) is 0 Å². The predicted molar refractivity (Wildman–Crippen MR) is 122 cm³/mol. The topological polar surface area (TPSA) is 82.9 Å². The Morgan fingerprint density at radius 3 is 2.48 bits per heavy atom. The summed E-state index contributed by atoms with van der Waals surface area (Å²) < 4.78 is 24.6. The van der Waals surface area contributed by atoms with Gasteiger partial charge in [-0.1, -0.05) is 11.6 Å². The Kier molecular flexibility index (Phi) is 9.54. The Hall–Kier alpha value is -2.79. The quantitative estimate of drug-likeness (QED) is 0.310. The van der Waals surface area contributed by atoms with Crippen LogP contribution in [0, 0.1) is 17.1 Å². The van der Waals surface area contributed by atoms with Crippen LogP contribution in [-0.2, 0) is 25.6 Å². The van der Waals surface area contributed by atoms with Crippen LogP contribution in [0.1, 0.15) is 52.5 Å². The molecular formula is C24H31ClFN3O4. The molecule has 0 N–H and O–H groups in total. The summed E-state index contributed by atoms with van der Waals surface area (Å²) >= 11 is 6.30. The van der Waals surface area contributed by atoms with Gasteiger partial charge in [0.2, 0.25) is 0 Å². The number of hydrogen-bond donors (Lipinski definition) is 0. The lowest BCUT2D eigenvalue weighted by atomic mass is 10.1. The van der Waals surface area contributed by atoms with Crippen molar-refractivity contribution in [3.8, 4) is 6.07 Å². The van der Waals surface area contributed by atoms with Crippen LogP contribution in [0.2, 0.25) is 5.02 Å². The molecule has 9 heteroatoms. The fraction of sp³-hybridized carbons (Fsp3) is 0.542. The summed E-state index contributed by atoms with van der Waals surface area (Å²) in [5.41, 5.74) is -0.620. The summed E-state index contributed by atoms with van der Waals surface area (Å²) in [4.78, 5) is 28.9. The van der Waals surface area contributed by atoms with E-state index in [1.54, 1.807) is 32.6 Å². The molecule has 0 unspecified atom stereocenters. The van der Waals surface area contributed by atoms with Crippen molar-refractivity contribution in [3.05, 3.63) is 46.0 Å². The molecule has 0 aliphatic carbocycles. The van der Waals surface area contributed by atoms with Crippen molar-refractivity contribution in [2.75, 3.05) is 26.2 Å². The Morgan fingerprint density at radius 1 is 1.24 bits per heavy atom. The maximum atomic E-state index is 14.0.